The molecular weight excluding hydrogens is 781 g/mol. The molecule has 0 atom stereocenters. The van der Waals surface area contributed by atoms with Gasteiger partial charge in [-0.15, -0.1) is 0 Å². The summed E-state index contributed by atoms with van der Waals surface area (Å²) in [6.07, 6.45) is 2.40. The van der Waals surface area contributed by atoms with Crippen LogP contribution < -0.4 is 0 Å². The van der Waals surface area contributed by atoms with E-state index in [4.69, 9.17) is 0 Å². The highest BCUT2D eigenvalue weighted by molar-refractivity contribution is 5.50. The average molecular weight is 833 g/mol. The molecule has 9 rings (SSSR count). The molecule has 0 radical (unpaired) electrons. The normalized spacial score (nSPS) is 12.0. The molecule has 3 nitrogen and oxygen atoms in total. The molecule has 0 spiro atoms. The molecule has 0 bridgehead atoms. The van der Waals surface area contributed by atoms with Gasteiger partial charge in [0.2, 0.25) is 0 Å². The first kappa shape index (κ1) is 42.2. The molecular formula is C61H52O3. The Morgan fingerprint density at radius 2 is 0.375 bits per heavy atom. The molecule has 0 unspecified atom stereocenters. The summed E-state index contributed by atoms with van der Waals surface area (Å²) in [7, 11) is 0. The van der Waals surface area contributed by atoms with Gasteiger partial charge in [-0.2, -0.15) is 0 Å². The molecule has 9 aromatic rings. The Bertz CT molecular complexity index is 2390. The van der Waals surface area contributed by atoms with Crippen LogP contribution in [-0.2, 0) is 36.1 Å². The summed E-state index contributed by atoms with van der Waals surface area (Å²) in [4.78, 5) is 0. The Hall–Kier alpha value is -7.14. The summed E-state index contributed by atoms with van der Waals surface area (Å²) in [6, 6.07) is 84.6. The zero-order valence-corrected chi connectivity index (χ0v) is 35.8. The Labute approximate surface area is 377 Å². The summed E-state index contributed by atoms with van der Waals surface area (Å²) in [5.74, 6) is 0.203. The third-order valence-corrected chi connectivity index (χ3v) is 12.8. The molecule has 64 heavy (non-hydrogen) atoms. The maximum atomic E-state index is 12.5. The van der Waals surface area contributed by atoms with Crippen molar-refractivity contribution < 1.29 is 15.3 Å². The van der Waals surface area contributed by atoms with Crippen LogP contribution in [0.15, 0.2) is 255 Å². The second kappa shape index (κ2) is 18.7. The van der Waals surface area contributed by atoms with Crippen LogP contribution in [0.3, 0.4) is 0 Å². The summed E-state index contributed by atoms with van der Waals surface area (Å²) in [5, 5.41) is 37.5. The number of hydrogen-bond acceptors (Lipinski definition) is 3. The van der Waals surface area contributed by atoms with Crippen LogP contribution in [0, 0.1) is 5.92 Å². The maximum Gasteiger partial charge on any atom is 0.140 e. The van der Waals surface area contributed by atoms with Crippen molar-refractivity contribution in [3.05, 3.63) is 322 Å². The van der Waals surface area contributed by atoms with Crippen molar-refractivity contribution in [1.29, 1.82) is 0 Å². The first-order chi connectivity index (χ1) is 31.3. The highest BCUT2D eigenvalue weighted by atomic mass is 16.3. The molecule has 0 aliphatic rings. The molecule has 0 aromatic heterocycles. The molecule has 0 saturated carbocycles. The molecule has 3 N–H and O–H groups in total. The van der Waals surface area contributed by atoms with Crippen molar-refractivity contribution in [2.24, 2.45) is 5.92 Å². The van der Waals surface area contributed by atoms with E-state index in [1.807, 2.05) is 182 Å². The molecule has 0 aliphatic carbocycles. The largest absolute Gasteiger partial charge is 0.376 e. The van der Waals surface area contributed by atoms with Crippen molar-refractivity contribution in [1.82, 2.24) is 0 Å². The first-order valence-corrected chi connectivity index (χ1v) is 22.1. The van der Waals surface area contributed by atoms with E-state index >= 15 is 0 Å². The predicted octanol–water partition coefficient (Wildman–Crippen LogP) is 12.2. The number of benzene rings is 9. The molecule has 0 heterocycles. The molecule has 3 heteroatoms. The van der Waals surface area contributed by atoms with E-state index in [-0.39, 0.29) is 5.92 Å². The Morgan fingerprint density at radius 3 is 0.547 bits per heavy atom. The third kappa shape index (κ3) is 8.50. The van der Waals surface area contributed by atoms with Gasteiger partial charge in [-0.25, -0.2) is 0 Å². The Kier molecular flexibility index (Phi) is 12.3. The summed E-state index contributed by atoms with van der Waals surface area (Å²) < 4.78 is 0. The van der Waals surface area contributed by atoms with Crippen molar-refractivity contribution in [3.8, 4) is 0 Å². The van der Waals surface area contributed by atoms with Crippen LogP contribution in [0.4, 0.5) is 0 Å². The van der Waals surface area contributed by atoms with E-state index in [0.717, 1.165) is 69.3 Å². The van der Waals surface area contributed by atoms with Crippen LogP contribution in [0.5, 0.6) is 0 Å². The summed E-state index contributed by atoms with van der Waals surface area (Å²) in [6.45, 7) is 0. The summed E-state index contributed by atoms with van der Waals surface area (Å²) in [5.41, 5.74) is 6.92. The van der Waals surface area contributed by atoms with Crippen molar-refractivity contribution in [3.63, 3.8) is 0 Å². The number of rotatable bonds is 15. The van der Waals surface area contributed by atoms with Gasteiger partial charge in [-0.1, -0.05) is 255 Å². The van der Waals surface area contributed by atoms with Gasteiger partial charge in [-0.05, 0) is 91.9 Å². The van der Waals surface area contributed by atoms with Crippen LogP contribution in [0.1, 0.15) is 66.8 Å². The van der Waals surface area contributed by atoms with Gasteiger partial charge in [-0.3, -0.25) is 0 Å². The smallest absolute Gasteiger partial charge is 0.140 e. The third-order valence-electron chi connectivity index (χ3n) is 12.8. The second-order valence-electron chi connectivity index (χ2n) is 16.9. The Balaban J connectivity index is 1.04. The number of hydrogen-bond donors (Lipinski definition) is 3. The fourth-order valence-electron chi connectivity index (χ4n) is 9.44. The molecule has 0 amide bonds. The van der Waals surface area contributed by atoms with E-state index in [2.05, 4.69) is 72.8 Å². The van der Waals surface area contributed by atoms with E-state index < -0.39 is 16.8 Å². The van der Waals surface area contributed by atoms with E-state index in [1.54, 1.807) is 0 Å². The first-order valence-electron chi connectivity index (χ1n) is 22.1. The zero-order chi connectivity index (χ0) is 43.8. The summed E-state index contributed by atoms with van der Waals surface area (Å²) >= 11 is 0. The molecule has 0 aliphatic heterocycles. The van der Waals surface area contributed by atoms with Gasteiger partial charge >= 0.3 is 0 Å². The quantitative estimate of drug-likeness (QED) is 0.0902. The van der Waals surface area contributed by atoms with Gasteiger partial charge in [0.1, 0.15) is 16.8 Å². The van der Waals surface area contributed by atoms with Crippen LogP contribution in [-0.4, -0.2) is 15.3 Å². The van der Waals surface area contributed by atoms with Gasteiger partial charge in [0, 0.05) is 0 Å². The zero-order valence-electron chi connectivity index (χ0n) is 35.8. The minimum absolute atomic E-state index is 0.203. The average Bonchev–Trinajstić information content (AvgIpc) is 3.38. The molecule has 9 aromatic carbocycles. The lowest BCUT2D eigenvalue weighted by molar-refractivity contribution is 0.125. The molecule has 314 valence electrons. The monoisotopic (exact) mass is 832 g/mol. The fourth-order valence-corrected chi connectivity index (χ4v) is 9.44. The van der Waals surface area contributed by atoms with E-state index in [1.165, 1.54) is 16.7 Å². The lowest BCUT2D eigenvalue weighted by atomic mass is 9.79. The fraction of sp³-hybridized carbons (Fsp3) is 0.115. The van der Waals surface area contributed by atoms with Crippen molar-refractivity contribution in [2.75, 3.05) is 0 Å². The lowest BCUT2D eigenvalue weighted by Crippen LogP contribution is -2.29. The van der Waals surface area contributed by atoms with Gasteiger partial charge in [0.15, 0.2) is 0 Å². The van der Waals surface area contributed by atoms with E-state index in [9.17, 15) is 15.3 Å². The highest BCUT2D eigenvalue weighted by Gasteiger charge is 2.36. The Morgan fingerprint density at radius 1 is 0.219 bits per heavy atom. The maximum absolute atomic E-state index is 12.5. The number of aliphatic hydroxyl groups is 3. The highest BCUT2D eigenvalue weighted by Crippen LogP contribution is 2.40. The topological polar surface area (TPSA) is 60.7 Å². The minimum atomic E-state index is -1.31. The van der Waals surface area contributed by atoms with E-state index in [0.29, 0.717) is 0 Å². The molecule has 0 saturated heterocycles. The van der Waals surface area contributed by atoms with Gasteiger partial charge in [0.25, 0.3) is 0 Å². The molecule has 0 fully saturated rings. The minimum Gasteiger partial charge on any atom is -0.376 e. The lowest BCUT2D eigenvalue weighted by Gasteiger charge is -2.31. The van der Waals surface area contributed by atoms with Crippen molar-refractivity contribution >= 4 is 0 Å². The SMILES string of the molecule is OC(c1ccccc1)(c1ccccc1)c1ccc(CC(Cc2ccc(C(O)(c3ccccc3)c3ccccc3)cc2)Cc2ccc(C(O)(c3ccccc3)c3ccccc3)cc2)cc1. The van der Waals surface area contributed by atoms with Crippen molar-refractivity contribution in [2.45, 2.75) is 36.1 Å². The van der Waals surface area contributed by atoms with Crippen LogP contribution >= 0.6 is 0 Å². The predicted molar refractivity (Wildman–Crippen MR) is 259 cm³/mol. The van der Waals surface area contributed by atoms with Crippen LogP contribution in [0.2, 0.25) is 0 Å². The van der Waals surface area contributed by atoms with Crippen LogP contribution in [0.25, 0.3) is 0 Å². The van der Waals surface area contributed by atoms with Gasteiger partial charge < -0.3 is 15.3 Å². The standard InChI is InChI=1S/C61H52O3/c62-59(50-19-7-1-8-20-50,51-21-9-2-10-22-51)56-37-31-46(32-38-56)43-49(44-47-33-39-57(40-34-47)60(63,52-23-11-3-12-24-52)53-25-13-4-14-26-53)45-48-35-41-58(42-36-48)61(64,54-27-15-5-16-28-54)55-29-17-6-18-30-55/h1-42,49,62-64H,43-45H2. The van der Waals surface area contributed by atoms with Gasteiger partial charge in [0.05, 0.1) is 0 Å². The second-order valence-corrected chi connectivity index (χ2v) is 16.9.